The summed E-state index contributed by atoms with van der Waals surface area (Å²) in [7, 11) is 0. The molecule has 0 aliphatic rings. The van der Waals surface area contributed by atoms with E-state index < -0.39 is 5.97 Å². The smallest absolute Gasteiger partial charge is 0.343 e. The Hall–Kier alpha value is -3.11. The van der Waals surface area contributed by atoms with Gasteiger partial charge in [-0.2, -0.15) is 0 Å². The molecule has 0 radical (unpaired) electrons. The summed E-state index contributed by atoms with van der Waals surface area (Å²) in [5, 5.41) is 0. The highest BCUT2D eigenvalue weighted by Gasteiger charge is 2.14. The summed E-state index contributed by atoms with van der Waals surface area (Å²) in [6, 6.07) is 23.1. The zero-order valence-corrected chi connectivity index (χ0v) is 20.0. The van der Waals surface area contributed by atoms with E-state index in [1.807, 2.05) is 37.3 Å². The minimum atomic E-state index is -0.405. The SMILES string of the molecule is CCCOC(C)c1ccc(-c2ccc(C(=O)Oc3ccccc3OC(C)CCC)cc2)cc1. The Labute approximate surface area is 197 Å². The minimum Gasteiger partial charge on any atom is -0.487 e. The van der Waals surface area contributed by atoms with E-state index in [-0.39, 0.29) is 12.2 Å². The number of hydrogen-bond donors (Lipinski definition) is 0. The lowest BCUT2D eigenvalue weighted by Gasteiger charge is -2.16. The fourth-order valence-corrected chi connectivity index (χ4v) is 3.61. The summed E-state index contributed by atoms with van der Waals surface area (Å²) in [6.07, 6.45) is 3.11. The Morgan fingerprint density at radius 2 is 1.39 bits per heavy atom. The first kappa shape index (κ1) is 24.5. The average molecular weight is 447 g/mol. The molecule has 0 spiro atoms. The molecule has 3 rings (SSSR count). The van der Waals surface area contributed by atoms with Gasteiger partial charge in [0.15, 0.2) is 11.5 Å². The van der Waals surface area contributed by atoms with Crippen LogP contribution in [0.4, 0.5) is 0 Å². The van der Waals surface area contributed by atoms with Crippen LogP contribution in [0, 0.1) is 0 Å². The third-order valence-corrected chi connectivity index (χ3v) is 5.48. The van der Waals surface area contributed by atoms with E-state index in [1.165, 1.54) is 0 Å². The monoisotopic (exact) mass is 446 g/mol. The van der Waals surface area contributed by atoms with Crippen LogP contribution < -0.4 is 9.47 Å². The average Bonchev–Trinajstić information content (AvgIpc) is 2.84. The maximum Gasteiger partial charge on any atom is 0.343 e. The fraction of sp³-hybridized carbons (Fsp3) is 0.345. The molecule has 0 aliphatic carbocycles. The van der Waals surface area contributed by atoms with Crippen molar-refractivity contribution in [3.63, 3.8) is 0 Å². The number of benzene rings is 3. The van der Waals surface area contributed by atoms with Crippen LogP contribution >= 0.6 is 0 Å². The second kappa shape index (κ2) is 12.2. The number of hydrogen-bond acceptors (Lipinski definition) is 4. The van der Waals surface area contributed by atoms with Crippen LogP contribution in [0.5, 0.6) is 11.5 Å². The molecule has 0 N–H and O–H groups in total. The highest BCUT2D eigenvalue weighted by molar-refractivity contribution is 5.92. The van der Waals surface area contributed by atoms with Crippen LogP contribution in [0.1, 0.15) is 69.0 Å². The second-order valence-electron chi connectivity index (χ2n) is 8.27. The molecule has 4 heteroatoms. The molecule has 174 valence electrons. The molecule has 0 saturated carbocycles. The van der Waals surface area contributed by atoms with E-state index in [2.05, 4.69) is 45.0 Å². The van der Waals surface area contributed by atoms with Crippen molar-refractivity contribution >= 4 is 5.97 Å². The molecular weight excluding hydrogens is 412 g/mol. The molecule has 33 heavy (non-hydrogen) atoms. The third-order valence-electron chi connectivity index (χ3n) is 5.48. The molecule has 2 atom stereocenters. The van der Waals surface area contributed by atoms with Gasteiger partial charge in [-0.15, -0.1) is 0 Å². The zero-order valence-electron chi connectivity index (χ0n) is 20.0. The summed E-state index contributed by atoms with van der Waals surface area (Å²) >= 11 is 0. The highest BCUT2D eigenvalue weighted by Crippen LogP contribution is 2.29. The van der Waals surface area contributed by atoms with E-state index in [4.69, 9.17) is 14.2 Å². The maximum atomic E-state index is 12.7. The predicted octanol–water partition coefficient (Wildman–Crippen LogP) is 7.63. The Morgan fingerprint density at radius 1 is 0.788 bits per heavy atom. The first-order valence-electron chi connectivity index (χ1n) is 11.8. The van der Waals surface area contributed by atoms with Crippen molar-refractivity contribution < 1.29 is 19.0 Å². The van der Waals surface area contributed by atoms with E-state index in [9.17, 15) is 4.79 Å². The number of esters is 1. The first-order valence-corrected chi connectivity index (χ1v) is 11.8. The van der Waals surface area contributed by atoms with Gasteiger partial charge in [0.2, 0.25) is 0 Å². The van der Waals surface area contributed by atoms with Gasteiger partial charge in [-0.1, -0.05) is 68.8 Å². The summed E-state index contributed by atoms with van der Waals surface area (Å²) in [6.45, 7) is 9.07. The van der Waals surface area contributed by atoms with Crippen LogP contribution in [-0.4, -0.2) is 18.7 Å². The Kier molecular flexibility index (Phi) is 9.08. The maximum absolute atomic E-state index is 12.7. The number of ether oxygens (including phenoxy) is 3. The minimum absolute atomic E-state index is 0.0571. The number of para-hydroxylation sites is 2. The van der Waals surface area contributed by atoms with E-state index >= 15 is 0 Å². The van der Waals surface area contributed by atoms with E-state index in [0.717, 1.165) is 42.6 Å². The molecule has 0 aliphatic heterocycles. The van der Waals surface area contributed by atoms with Gasteiger partial charge in [-0.05, 0) is 67.6 Å². The van der Waals surface area contributed by atoms with Gasteiger partial charge < -0.3 is 14.2 Å². The lowest BCUT2D eigenvalue weighted by molar-refractivity contribution is 0.0662. The van der Waals surface area contributed by atoms with Crippen molar-refractivity contribution in [1.29, 1.82) is 0 Å². The Balaban J connectivity index is 1.66. The summed E-state index contributed by atoms with van der Waals surface area (Å²) in [5.41, 5.74) is 3.78. The number of rotatable bonds is 11. The largest absolute Gasteiger partial charge is 0.487 e. The first-order chi connectivity index (χ1) is 16.0. The summed E-state index contributed by atoms with van der Waals surface area (Å²) < 4.78 is 17.4. The molecule has 0 amide bonds. The molecule has 0 saturated heterocycles. The number of carbonyl (C=O) groups excluding carboxylic acids is 1. The van der Waals surface area contributed by atoms with Crippen molar-refractivity contribution in [1.82, 2.24) is 0 Å². The van der Waals surface area contributed by atoms with Gasteiger partial charge in [-0.3, -0.25) is 0 Å². The lowest BCUT2D eigenvalue weighted by Crippen LogP contribution is -2.14. The van der Waals surface area contributed by atoms with Crippen molar-refractivity contribution in [2.75, 3.05) is 6.61 Å². The standard InChI is InChI=1S/C29H34O4/c1-5-9-21(3)32-27-10-7-8-11-28(27)33-29(30)26-18-16-25(17-19-26)24-14-12-23(13-15-24)22(4)31-20-6-2/h7-8,10-19,21-22H,5-6,9,20H2,1-4H3. The topological polar surface area (TPSA) is 44.8 Å². The normalized spacial score (nSPS) is 12.7. The van der Waals surface area contributed by atoms with Crippen molar-refractivity contribution in [3.8, 4) is 22.6 Å². The molecular formula is C29H34O4. The van der Waals surface area contributed by atoms with E-state index in [1.54, 1.807) is 18.2 Å². The fourth-order valence-electron chi connectivity index (χ4n) is 3.61. The molecule has 0 heterocycles. The molecule has 3 aromatic rings. The van der Waals surface area contributed by atoms with Gasteiger partial charge in [0.25, 0.3) is 0 Å². The number of carbonyl (C=O) groups is 1. The summed E-state index contributed by atoms with van der Waals surface area (Å²) in [5.74, 6) is 0.614. The molecule has 2 unspecified atom stereocenters. The van der Waals surface area contributed by atoms with Crippen LogP contribution in [0.2, 0.25) is 0 Å². The molecule has 4 nitrogen and oxygen atoms in total. The van der Waals surface area contributed by atoms with Crippen molar-refractivity contribution in [2.24, 2.45) is 0 Å². The third kappa shape index (κ3) is 6.93. The highest BCUT2D eigenvalue weighted by atomic mass is 16.6. The van der Waals surface area contributed by atoms with Crippen molar-refractivity contribution in [2.45, 2.75) is 59.2 Å². The van der Waals surface area contributed by atoms with Gasteiger partial charge in [0, 0.05) is 6.61 Å². The zero-order chi connectivity index (χ0) is 23.6. The Morgan fingerprint density at radius 3 is 2.00 bits per heavy atom. The van der Waals surface area contributed by atoms with Crippen molar-refractivity contribution in [3.05, 3.63) is 83.9 Å². The molecule has 0 fully saturated rings. The Bertz CT molecular complexity index is 1010. The van der Waals surface area contributed by atoms with Gasteiger partial charge in [0.1, 0.15) is 0 Å². The van der Waals surface area contributed by atoms with Gasteiger partial charge >= 0.3 is 5.97 Å². The van der Waals surface area contributed by atoms with Gasteiger partial charge in [0.05, 0.1) is 17.8 Å². The predicted molar refractivity (Wildman–Crippen MR) is 133 cm³/mol. The van der Waals surface area contributed by atoms with Crippen LogP contribution in [-0.2, 0) is 4.74 Å². The summed E-state index contributed by atoms with van der Waals surface area (Å²) in [4.78, 5) is 12.7. The molecule has 0 aromatic heterocycles. The van der Waals surface area contributed by atoms with Crippen LogP contribution in [0.15, 0.2) is 72.8 Å². The quantitative estimate of drug-likeness (QED) is 0.224. The van der Waals surface area contributed by atoms with Crippen LogP contribution in [0.25, 0.3) is 11.1 Å². The van der Waals surface area contributed by atoms with E-state index in [0.29, 0.717) is 17.1 Å². The lowest BCUT2D eigenvalue weighted by atomic mass is 10.0. The molecule has 0 bridgehead atoms. The molecule has 3 aromatic carbocycles. The van der Waals surface area contributed by atoms with Crippen LogP contribution in [0.3, 0.4) is 0 Å². The van der Waals surface area contributed by atoms with Gasteiger partial charge in [-0.25, -0.2) is 4.79 Å². The second-order valence-corrected chi connectivity index (χ2v) is 8.27.